The SMILES string of the molecule is Brc1cnn(-c2cc(I)cc(-n3cc(Br)cn3)n2)c1. The van der Waals surface area contributed by atoms with Gasteiger partial charge in [-0.15, -0.1) is 0 Å². The summed E-state index contributed by atoms with van der Waals surface area (Å²) in [6, 6.07) is 3.92. The minimum atomic E-state index is 0.749. The van der Waals surface area contributed by atoms with Gasteiger partial charge in [0.05, 0.1) is 21.3 Å². The lowest BCUT2D eigenvalue weighted by atomic mass is 10.4. The quantitative estimate of drug-likeness (QED) is 0.512. The second-order valence-electron chi connectivity index (χ2n) is 3.71. The smallest absolute Gasteiger partial charge is 0.156 e. The summed E-state index contributed by atoms with van der Waals surface area (Å²) in [6.45, 7) is 0. The van der Waals surface area contributed by atoms with Crippen LogP contribution in [-0.4, -0.2) is 24.5 Å². The van der Waals surface area contributed by atoms with Crippen molar-refractivity contribution in [3.8, 4) is 11.6 Å². The lowest BCUT2D eigenvalue weighted by Gasteiger charge is -2.05. The zero-order valence-corrected chi connectivity index (χ0v) is 14.7. The third kappa shape index (κ3) is 2.90. The third-order valence-electron chi connectivity index (χ3n) is 2.33. The molecule has 0 aliphatic rings. The van der Waals surface area contributed by atoms with Gasteiger partial charge in [-0.3, -0.25) is 0 Å². The molecule has 3 heterocycles. The molecule has 0 unspecified atom stereocenters. The van der Waals surface area contributed by atoms with Crippen LogP contribution in [0.5, 0.6) is 0 Å². The van der Waals surface area contributed by atoms with E-state index in [0.29, 0.717) is 0 Å². The molecule has 3 rings (SSSR count). The van der Waals surface area contributed by atoms with Crippen molar-refractivity contribution in [3.63, 3.8) is 0 Å². The molecule has 5 nitrogen and oxygen atoms in total. The van der Waals surface area contributed by atoms with Gasteiger partial charge in [0.25, 0.3) is 0 Å². The van der Waals surface area contributed by atoms with Gasteiger partial charge in [-0.25, -0.2) is 14.3 Å². The van der Waals surface area contributed by atoms with Crippen LogP contribution in [0.15, 0.2) is 45.9 Å². The van der Waals surface area contributed by atoms with E-state index in [-0.39, 0.29) is 0 Å². The number of hydrogen-bond donors (Lipinski definition) is 0. The largest absolute Gasteiger partial charge is 0.221 e. The van der Waals surface area contributed by atoms with E-state index in [0.717, 1.165) is 24.2 Å². The molecule has 0 fully saturated rings. The summed E-state index contributed by atoms with van der Waals surface area (Å²) >= 11 is 9.01. The Balaban J connectivity index is 2.10. The third-order valence-corrected chi connectivity index (χ3v) is 3.78. The molecule has 0 bridgehead atoms. The molecule has 0 aliphatic heterocycles. The second kappa shape index (κ2) is 5.33. The Morgan fingerprint density at radius 3 is 1.74 bits per heavy atom. The van der Waals surface area contributed by atoms with E-state index in [9.17, 15) is 0 Å². The van der Waals surface area contributed by atoms with Gasteiger partial charge in [-0.2, -0.15) is 10.2 Å². The first-order valence-corrected chi connectivity index (χ1v) is 7.87. The predicted molar refractivity (Wildman–Crippen MR) is 86.6 cm³/mol. The normalized spacial score (nSPS) is 10.9. The molecule has 3 aromatic rings. The molecule has 96 valence electrons. The average molecular weight is 495 g/mol. The summed E-state index contributed by atoms with van der Waals surface area (Å²) in [5.74, 6) is 1.50. The van der Waals surface area contributed by atoms with Crippen LogP contribution in [-0.2, 0) is 0 Å². The number of hydrogen-bond acceptors (Lipinski definition) is 3. The van der Waals surface area contributed by atoms with Crippen molar-refractivity contribution < 1.29 is 0 Å². The summed E-state index contributed by atoms with van der Waals surface area (Å²) in [4.78, 5) is 4.56. The van der Waals surface area contributed by atoms with Crippen LogP contribution < -0.4 is 0 Å². The van der Waals surface area contributed by atoms with Gasteiger partial charge in [-0.1, -0.05) is 0 Å². The Labute approximate surface area is 139 Å². The van der Waals surface area contributed by atoms with Crippen molar-refractivity contribution in [1.29, 1.82) is 0 Å². The first-order valence-electron chi connectivity index (χ1n) is 5.20. The molecule has 0 aromatic carbocycles. The van der Waals surface area contributed by atoms with Crippen molar-refractivity contribution in [1.82, 2.24) is 24.5 Å². The lowest BCUT2D eigenvalue weighted by molar-refractivity contribution is 0.801. The van der Waals surface area contributed by atoms with Gasteiger partial charge in [-0.05, 0) is 66.6 Å². The highest BCUT2D eigenvalue weighted by Gasteiger charge is 2.07. The molecule has 19 heavy (non-hydrogen) atoms. The fourth-order valence-electron chi connectivity index (χ4n) is 1.56. The lowest BCUT2D eigenvalue weighted by Crippen LogP contribution is -2.04. The van der Waals surface area contributed by atoms with Crippen molar-refractivity contribution in [2.75, 3.05) is 0 Å². The van der Waals surface area contributed by atoms with E-state index in [1.807, 2.05) is 24.5 Å². The molecule has 0 aliphatic carbocycles. The molecule has 0 atom stereocenters. The summed E-state index contributed by atoms with van der Waals surface area (Å²) in [6.07, 6.45) is 7.18. The highest BCUT2D eigenvalue weighted by molar-refractivity contribution is 14.1. The maximum Gasteiger partial charge on any atom is 0.156 e. The van der Waals surface area contributed by atoms with Gasteiger partial charge in [0.2, 0.25) is 0 Å². The van der Waals surface area contributed by atoms with E-state index in [1.54, 1.807) is 21.8 Å². The molecule has 8 heteroatoms. The Hall–Kier alpha value is -0.740. The summed E-state index contributed by atoms with van der Waals surface area (Å²) in [5.41, 5.74) is 0. The van der Waals surface area contributed by atoms with E-state index in [4.69, 9.17) is 0 Å². The van der Waals surface area contributed by atoms with Crippen LogP contribution in [0.4, 0.5) is 0 Å². The Morgan fingerprint density at radius 1 is 0.895 bits per heavy atom. The monoisotopic (exact) mass is 493 g/mol. The number of nitrogens with zero attached hydrogens (tertiary/aromatic N) is 5. The van der Waals surface area contributed by atoms with Crippen LogP contribution in [0.1, 0.15) is 0 Å². The first-order chi connectivity index (χ1) is 9.11. The summed E-state index contributed by atoms with van der Waals surface area (Å²) in [5, 5.41) is 8.46. The molecule has 0 saturated carbocycles. The molecule has 0 radical (unpaired) electrons. The zero-order valence-electron chi connectivity index (χ0n) is 9.33. The van der Waals surface area contributed by atoms with E-state index >= 15 is 0 Å². The Bertz CT molecular complexity index is 678. The Kier molecular flexibility index (Phi) is 3.72. The number of pyridine rings is 1. The van der Waals surface area contributed by atoms with Gasteiger partial charge >= 0.3 is 0 Å². The molecular formula is C11H6Br2IN5. The van der Waals surface area contributed by atoms with E-state index in [2.05, 4.69) is 69.6 Å². The molecule has 3 aromatic heterocycles. The predicted octanol–water partition coefficient (Wildman–Crippen LogP) is 3.58. The van der Waals surface area contributed by atoms with Crippen LogP contribution >= 0.6 is 54.5 Å². The number of aromatic nitrogens is 5. The zero-order chi connectivity index (χ0) is 13.4. The summed E-state index contributed by atoms with van der Waals surface area (Å²) < 4.78 is 6.33. The minimum absolute atomic E-state index is 0.749. The van der Waals surface area contributed by atoms with Gasteiger partial charge in [0.1, 0.15) is 0 Å². The molecule has 0 N–H and O–H groups in total. The second-order valence-corrected chi connectivity index (χ2v) is 6.78. The average Bonchev–Trinajstić information content (AvgIpc) is 2.97. The maximum atomic E-state index is 4.56. The standard InChI is InChI=1S/C11H6Br2IN5/c12-7-3-15-18(5-7)10-1-9(14)2-11(17-10)19-6-8(13)4-16-19/h1-6H. The number of rotatable bonds is 2. The molecular weight excluding hydrogens is 489 g/mol. The van der Waals surface area contributed by atoms with Crippen molar-refractivity contribution in [2.45, 2.75) is 0 Å². The Morgan fingerprint density at radius 2 is 1.37 bits per heavy atom. The van der Waals surface area contributed by atoms with Crippen LogP contribution in [0.3, 0.4) is 0 Å². The van der Waals surface area contributed by atoms with Crippen molar-refractivity contribution in [2.24, 2.45) is 0 Å². The summed E-state index contributed by atoms with van der Waals surface area (Å²) in [7, 11) is 0. The highest BCUT2D eigenvalue weighted by Crippen LogP contribution is 2.18. The topological polar surface area (TPSA) is 48.5 Å². The first kappa shape index (κ1) is 13.3. The fourth-order valence-corrected chi connectivity index (χ4v) is 2.69. The van der Waals surface area contributed by atoms with Gasteiger partial charge in [0.15, 0.2) is 11.6 Å². The van der Waals surface area contributed by atoms with Crippen LogP contribution in [0.2, 0.25) is 0 Å². The van der Waals surface area contributed by atoms with Crippen LogP contribution in [0, 0.1) is 3.57 Å². The van der Waals surface area contributed by atoms with E-state index in [1.165, 1.54) is 0 Å². The van der Waals surface area contributed by atoms with Crippen molar-refractivity contribution >= 4 is 54.5 Å². The van der Waals surface area contributed by atoms with Gasteiger partial charge in [0, 0.05) is 16.0 Å². The molecule has 0 amide bonds. The fraction of sp³-hybridized carbons (Fsp3) is 0. The van der Waals surface area contributed by atoms with Gasteiger partial charge < -0.3 is 0 Å². The van der Waals surface area contributed by atoms with E-state index < -0.39 is 0 Å². The molecule has 0 saturated heterocycles. The highest BCUT2D eigenvalue weighted by atomic mass is 127. The minimum Gasteiger partial charge on any atom is -0.221 e. The van der Waals surface area contributed by atoms with Crippen molar-refractivity contribution in [3.05, 3.63) is 49.4 Å². The maximum absolute atomic E-state index is 4.56. The number of halogens is 3. The van der Waals surface area contributed by atoms with Crippen LogP contribution in [0.25, 0.3) is 11.6 Å². The molecule has 0 spiro atoms.